The lowest BCUT2D eigenvalue weighted by molar-refractivity contribution is 0.0561. The van der Waals surface area contributed by atoms with Crippen LogP contribution in [0.1, 0.15) is 54.8 Å². The predicted octanol–water partition coefficient (Wildman–Crippen LogP) is 3.07. The van der Waals surface area contributed by atoms with E-state index in [-0.39, 0.29) is 11.6 Å². The van der Waals surface area contributed by atoms with Crippen molar-refractivity contribution in [2.24, 2.45) is 5.84 Å². The molecule has 112 valence electrons. The van der Waals surface area contributed by atoms with Crippen molar-refractivity contribution >= 4 is 0 Å². The normalized spacial score (nSPS) is 20.1. The summed E-state index contributed by atoms with van der Waals surface area (Å²) in [4.78, 5) is 2.39. The zero-order valence-corrected chi connectivity index (χ0v) is 13.4. The smallest absolute Gasteiger partial charge is 0.0646 e. The Labute approximate surface area is 123 Å². The summed E-state index contributed by atoms with van der Waals surface area (Å²) in [5.41, 5.74) is 7.24. The maximum absolute atomic E-state index is 6.00. The molecule has 0 spiro atoms. The van der Waals surface area contributed by atoms with E-state index in [1.54, 1.807) is 0 Å². The molecule has 20 heavy (non-hydrogen) atoms. The number of aryl methyl sites for hydroxylation is 2. The molecule has 0 amide bonds. The fourth-order valence-corrected chi connectivity index (χ4v) is 3.76. The monoisotopic (exact) mass is 275 g/mol. The lowest BCUT2D eigenvalue weighted by atomic mass is 9.72. The van der Waals surface area contributed by atoms with Gasteiger partial charge in [0.05, 0.1) is 6.04 Å². The van der Waals surface area contributed by atoms with Gasteiger partial charge in [-0.3, -0.25) is 11.3 Å². The molecule has 3 N–H and O–H groups in total. The van der Waals surface area contributed by atoms with E-state index in [2.05, 4.69) is 56.5 Å². The number of rotatable bonds is 4. The van der Waals surface area contributed by atoms with Crippen LogP contribution in [-0.2, 0) is 0 Å². The minimum Gasteiger partial charge on any atom is -0.302 e. The zero-order valence-electron chi connectivity index (χ0n) is 13.4. The van der Waals surface area contributed by atoms with Crippen LogP contribution in [0.25, 0.3) is 0 Å². The molecule has 0 aromatic heterocycles. The van der Waals surface area contributed by atoms with Gasteiger partial charge in [-0.15, -0.1) is 0 Å². The fraction of sp³-hybridized carbons (Fsp3) is 0.647. The Morgan fingerprint density at radius 3 is 2.35 bits per heavy atom. The van der Waals surface area contributed by atoms with Crippen LogP contribution in [0.5, 0.6) is 0 Å². The molecule has 1 aromatic carbocycles. The molecule has 1 atom stereocenters. The quantitative estimate of drug-likeness (QED) is 0.655. The van der Waals surface area contributed by atoms with Gasteiger partial charge in [-0.05, 0) is 51.9 Å². The van der Waals surface area contributed by atoms with E-state index in [0.717, 1.165) is 0 Å². The highest BCUT2D eigenvalue weighted by Crippen LogP contribution is 2.42. The summed E-state index contributed by atoms with van der Waals surface area (Å²) in [5.74, 6) is 6.00. The first kappa shape index (κ1) is 15.5. The minimum atomic E-state index is 0.131. The highest BCUT2D eigenvalue weighted by Gasteiger charge is 2.42. The van der Waals surface area contributed by atoms with Crippen molar-refractivity contribution in [3.63, 3.8) is 0 Å². The SMILES string of the molecule is Cc1ccc(C)c(C(NN)C2(N(C)C)CCCCC2)c1. The molecular weight excluding hydrogens is 246 g/mol. The number of likely N-dealkylation sites (N-methyl/N-ethyl adjacent to an activating group) is 1. The summed E-state index contributed by atoms with van der Waals surface area (Å²) < 4.78 is 0. The number of hydrogen-bond donors (Lipinski definition) is 2. The first-order valence-electron chi connectivity index (χ1n) is 7.72. The van der Waals surface area contributed by atoms with Gasteiger partial charge in [0.25, 0.3) is 0 Å². The third kappa shape index (κ3) is 2.76. The largest absolute Gasteiger partial charge is 0.302 e. The van der Waals surface area contributed by atoms with Gasteiger partial charge in [0.1, 0.15) is 0 Å². The Hall–Kier alpha value is -0.900. The van der Waals surface area contributed by atoms with Crippen molar-refractivity contribution in [3.8, 4) is 0 Å². The number of benzene rings is 1. The van der Waals surface area contributed by atoms with Gasteiger partial charge in [-0.2, -0.15) is 0 Å². The standard InChI is InChI=1S/C17H29N3/c1-13-8-9-14(2)15(12-13)16(19-18)17(20(3)4)10-6-5-7-11-17/h8-9,12,16,19H,5-7,10-11,18H2,1-4H3. The number of nitrogens with one attached hydrogen (secondary N) is 1. The van der Waals surface area contributed by atoms with E-state index < -0.39 is 0 Å². The van der Waals surface area contributed by atoms with Crippen LogP contribution < -0.4 is 11.3 Å². The fourth-order valence-electron chi connectivity index (χ4n) is 3.76. The summed E-state index contributed by atoms with van der Waals surface area (Å²) in [6.07, 6.45) is 6.35. The Balaban J connectivity index is 2.45. The number of nitrogens with two attached hydrogens (primary N) is 1. The third-order valence-corrected chi connectivity index (χ3v) is 5.06. The highest BCUT2D eigenvalue weighted by atomic mass is 15.3. The van der Waals surface area contributed by atoms with Gasteiger partial charge < -0.3 is 4.90 Å². The Morgan fingerprint density at radius 1 is 1.15 bits per heavy atom. The molecule has 0 radical (unpaired) electrons. The van der Waals surface area contributed by atoms with Crippen molar-refractivity contribution < 1.29 is 0 Å². The van der Waals surface area contributed by atoms with Gasteiger partial charge in [-0.1, -0.05) is 43.0 Å². The second-order valence-electron chi connectivity index (χ2n) is 6.52. The molecule has 1 aromatic rings. The summed E-state index contributed by atoms with van der Waals surface area (Å²) >= 11 is 0. The van der Waals surface area contributed by atoms with E-state index in [9.17, 15) is 0 Å². The van der Waals surface area contributed by atoms with Gasteiger partial charge in [0.2, 0.25) is 0 Å². The van der Waals surface area contributed by atoms with Crippen LogP contribution in [0, 0.1) is 13.8 Å². The summed E-state index contributed by atoms with van der Waals surface area (Å²) in [6, 6.07) is 6.87. The molecule has 0 aliphatic heterocycles. The molecule has 1 aliphatic rings. The maximum atomic E-state index is 6.00. The van der Waals surface area contributed by atoms with Crippen molar-refractivity contribution in [3.05, 3.63) is 34.9 Å². The first-order valence-corrected chi connectivity index (χ1v) is 7.72. The third-order valence-electron chi connectivity index (χ3n) is 5.06. The Bertz CT molecular complexity index is 448. The number of hydrazine groups is 1. The van der Waals surface area contributed by atoms with Gasteiger partial charge in [0.15, 0.2) is 0 Å². The molecule has 3 nitrogen and oxygen atoms in total. The molecule has 3 heteroatoms. The minimum absolute atomic E-state index is 0.131. The average Bonchev–Trinajstić information content (AvgIpc) is 2.44. The lowest BCUT2D eigenvalue weighted by Crippen LogP contribution is -2.56. The molecule has 0 bridgehead atoms. The average molecular weight is 275 g/mol. The second-order valence-corrected chi connectivity index (χ2v) is 6.52. The van der Waals surface area contributed by atoms with E-state index in [4.69, 9.17) is 5.84 Å². The van der Waals surface area contributed by atoms with Crippen LogP contribution in [-0.4, -0.2) is 24.5 Å². The zero-order chi connectivity index (χ0) is 14.8. The molecule has 0 saturated heterocycles. The summed E-state index contributed by atoms with van der Waals surface area (Å²) in [6.45, 7) is 4.34. The summed E-state index contributed by atoms with van der Waals surface area (Å²) in [5, 5.41) is 0. The predicted molar refractivity (Wildman–Crippen MR) is 85.5 cm³/mol. The van der Waals surface area contributed by atoms with Crippen molar-refractivity contribution in [1.29, 1.82) is 0 Å². The van der Waals surface area contributed by atoms with Crippen molar-refractivity contribution in [1.82, 2.24) is 10.3 Å². The molecule has 1 unspecified atom stereocenters. The number of nitrogens with zero attached hydrogens (tertiary/aromatic N) is 1. The molecule has 0 heterocycles. The summed E-state index contributed by atoms with van der Waals surface area (Å²) in [7, 11) is 4.39. The molecule has 1 aliphatic carbocycles. The molecule has 1 fully saturated rings. The van der Waals surface area contributed by atoms with Crippen LogP contribution in [0.3, 0.4) is 0 Å². The van der Waals surface area contributed by atoms with E-state index in [0.29, 0.717) is 0 Å². The second kappa shape index (κ2) is 6.25. The first-order chi connectivity index (χ1) is 9.51. The van der Waals surface area contributed by atoms with Crippen molar-refractivity contribution in [2.75, 3.05) is 14.1 Å². The van der Waals surface area contributed by atoms with E-state index in [1.165, 1.54) is 48.8 Å². The topological polar surface area (TPSA) is 41.3 Å². The van der Waals surface area contributed by atoms with Crippen molar-refractivity contribution in [2.45, 2.75) is 57.5 Å². The van der Waals surface area contributed by atoms with E-state index in [1.807, 2.05) is 0 Å². The maximum Gasteiger partial charge on any atom is 0.0646 e. The van der Waals surface area contributed by atoms with Crippen LogP contribution in [0.2, 0.25) is 0 Å². The Kier molecular flexibility index (Phi) is 4.84. The van der Waals surface area contributed by atoms with Crippen LogP contribution in [0.4, 0.5) is 0 Å². The van der Waals surface area contributed by atoms with E-state index >= 15 is 0 Å². The highest BCUT2D eigenvalue weighted by molar-refractivity contribution is 5.35. The van der Waals surface area contributed by atoms with Gasteiger partial charge >= 0.3 is 0 Å². The van der Waals surface area contributed by atoms with Gasteiger partial charge in [-0.25, -0.2) is 0 Å². The number of hydrogen-bond acceptors (Lipinski definition) is 3. The molecule has 1 saturated carbocycles. The lowest BCUT2D eigenvalue weighted by Gasteiger charge is -2.48. The van der Waals surface area contributed by atoms with Gasteiger partial charge in [0, 0.05) is 5.54 Å². The molecule has 2 rings (SSSR count). The Morgan fingerprint density at radius 2 is 1.80 bits per heavy atom. The van der Waals surface area contributed by atoms with Crippen LogP contribution >= 0.6 is 0 Å². The molecular formula is C17H29N3. The van der Waals surface area contributed by atoms with Crippen LogP contribution in [0.15, 0.2) is 18.2 Å².